The second kappa shape index (κ2) is 15.6. The number of amides is 5. The Hall–Kier alpha value is -4.02. The number of benzene rings is 1. The molecule has 0 radical (unpaired) electrons. The molecule has 4 unspecified atom stereocenters. The molecule has 0 bridgehead atoms. The Morgan fingerprint density at radius 2 is 1.52 bits per heavy atom. The quantitative estimate of drug-likeness (QED) is 0.153. The molecule has 1 aromatic rings. The van der Waals surface area contributed by atoms with Gasteiger partial charge in [-0.05, 0) is 30.1 Å². The number of likely N-dealkylation sites (tertiary alicyclic amines) is 1. The van der Waals surface area contributed by atoms with Gasteiger partial charge in [-0.3, -0.25) is 24.0 Å². The minimum Gasteiger partial charge on any atom is -0.346 e. The van der Waals surface area contributed by atoms with E-state index in [9.17, 15) is 28.8 Å². The van der Waals surface area contributed by atoms with Crippen molar-refractivity contribution in [1.82, 2.24) is 26.2 Å². The summed E-state index contributed by atoms with van der Waals surface area (Å²) in [5.74, 6) is -2.81. The van der Waals surface area contributed by atoms with Gasteiger partial charge in [0, 0.05) is 18.7 Å². The topological polar surface area (TPSA) is 154 Å². The zero-order valence-corrected chi connectivity index (χ0v) is 27.1. The van der Waals surface area contributed by atoms with E-state index in [-0.39, 0.29) is 25.3 Å². The van der Waals surface area contributed by atoms with Crippen LogP contribution in [0.4, 0.5) is 4.79 Å². The van der Waals surface area contributed by atoms with Gasteiger partial charge in [0.25, 0.3) is 5.91 Å². The minimum atomic E-state index is -1.03. The maximum atomic E-state index is 13.9. The summed E-state index contributed by atoms with van der Waals surface area (Å²) in [5, 5.41) is 10.7. The van der Waals surface area contributed by atoms with Gasteiger partial charge in [-0.25, -0.2) is 4.79 Å². The second-order valence-corrected chi connectivity index (χ2v) is 13.3. The minimum absolute atomic E-state index is 0.119. The first kappa shape index (κ1) is 36.2. The fraction of sp³-hybridized carbons (Fsp3) is 0.576. The van der Waals surface area contributed by atoms with Gasteiger partial charge in [-0.2, -0.15) is 0 Å². The molecule has 1 heterocycles. The number of carbonyl (C=O) groups excluding carboxylic acids is 6. The van der Waals surface area contributed by atoms with E-state index in [1.54, 1.807) is 51.1 Å². The SMILES string of the molecule is C=CCNC(=O)C(=O)C(CCC)NC(=O)C1CCCN1C(=O)C(NC(=O)NC(C(=O)c1ccccc1)C(C)(C)C)C(C)(C)C. The summed E-state index contributed by atoms with van der Waals surface area (Å²) in [6.07, 6.45) is 3.18. The third-order valence-electron chi connectivity index (χ3n) is 7.53. The van der Waals surface area contributed by atoms with Crippen LogP contribution in [-0.2, 0) is 19.2 Å². The molecule has 1 aliphatic rings. The van der Waals surface area contributed by atoms with Crippen LogP contribution in [0.25, 0.3) is 0 Å². The van der Waals surface area contributed by atoms with E-state index in [1.807, 2.05) is 27.7 Å². The Balaban J connectivity index is 2.22. The molecule has 4 N–H and O–H groups in total. The third kappa shape index (κ3) is 9.75. The molecule has 4 atom stereocenters. The predicted molar refractivity (Wildman–Crippen MR) is 169 cm³/mol. The number of ketones is 2. The van der Waals surface area contributed by atoms with Crippen molar-refractivity contribution in [3.8, 4) is 0 Å². The zero-order chi connectivity index (χ0) is 33.2. The number of Topliss-reactive ketones (excluding diaryl/α,β-unsaturated/α-hetero) is 2. The Morgan fingerprint density at radius 1 is 0.932 bits per heavy atom. The molecule has 5 amide bonds. The molecular weight excluding hydrogens is 562 g/mol. The molecule has 0 spiro atoms. The van der Waals surface area contributed by atoms with Crippen molar-refractivity contribution >= 4 is 35.3 Å². The molecule has 1 aromatic carbocycles. The predicted octanol–water partition coefficient (Wildman–Crippen LogP) is 3.15. The van der Waals surface area contributed by atoms with Gasteiger partial charge in [0.1, 0.15) is 12.1 Å². The fourth-order valence-corrected chi connectivity index (χ4v) is 5.10. The molecule has 1 aliphatic heterocycles. The van der Waals surface area contributed by atoms with E-state index in [2.05, 4.69) is 27.8 Å². The number of carbonyl (C=O) groups is 6. The van der Waals surface area contributed by atoms with Crippen molar-refractivity contribution < 1.29 is 28.8 Å². The fourth-order valence-electron chi connectivity index (χ4n) is 5.10. The van der Waals surface area contributed by atoms with Gasteiger partial charge >= 0.3 is 6.03 Å². The van der Waals surface area contributed by atoms with E-state index < -0.39 is 64.5 Å². The Labute approximate surface area is 261 Å². The average Bonchev–Trinajstić information content (AvgIpc) is 3.46. The number of hydrogen-bond acceptors (Lipinski definition) is 6. The van der Waals surface area contributed by atoms with E-state index in [0.717, 1.165) is 0 Å². The maximum Gasteiger partial charge on any atom is 0.316 e. The van der Waals surface area contributed by atoms with Crippen molar-refractivity contribution in [2.24, 2.45) is 10.8 Å². The van der Waals surface area contributed by atoms with Crippen LogP contribution >= 0.6 is 0 Å². The first-order valence-electron chi connectivity index (χ1n) is 15.2. The molecule has 2 rings (SSSR count). The van der Waals surface area contributed by atoms with Crippen LogP contribution in [0, 0.1) is 10.8 Å². The van der Waals surface area contributed by atoms with Crippen LogP contribution in [0.2, 0.25) is 0 Å². The maximum absolute atomic E-state index is 13.9. The van der Waals surface area contributed by atoms with Crippen LogP contribution < -0.4 is 21.3 Å². The normalized spacial score (nSPS) is 17.1. The summed E-state index contributed by atoms with van der Waals surface area (Å²) >= 11 is 0. The molecule has 1 saturated heterocycles. The molecule has 11 heteroatoms. The monoisotopic (exact) mass is 611 g/mol. The van der Waals surface area contributed by atoms with Gasteiger partial charge < -0.3 is 26.2 Å². The summed E-state index contributed by atoms with van der Waals surface area (Å²) in [4.78, 5) is 80.5. The Kier molecular flexibility index (Phi) is 12.8. The standard InChI is InChI=1S/C33H49N5O6/c1-9-15-22(25(40)29(42)34-19-10-2)35-28(41)23-18-14-20-38(23)30(43)27(33(6,7)8)37-31(44)36-26(32(3,4)5)24(39)21-16-12-11-13-17-21/h10-13,16-17,22-23,26-27H,2,9,14-15,18-20H2,1,3-8H3,(H,34,42)(H,35,41)(H2,36,37,44). The lowest BCUT2D eigenvalue weighted by molar-refractivity contribution is -0.143. The molecule has 11 nitrogen and oxygen atoms in total. The van der Waals surface area contributed by atoms with Crippen LogP contribution in [0.3, 0.4) is 0 Å². The van der Waals surface area contributed by atoms with Gasteiger partial charge in [0.15, 0.2) is 5.78 Å². The summed E-state index contributed by atoms with van der Waals surface area (Å²) in [5.41, 5.74) is -0.915. The smallest absolute Gasteiger partial charge is 0.316 e. The molecule has 0 aromatic heterocycles. The number of nitrogens with zero attached hydrogens (tertiary/aromatic N) is 1. The first-order chi connectivity index (χ1) is 20.5. The van der Waals surface area contributed by atoms with Crippen molar-refractivity contribution in [3.05, 3.63) is 48.6 Å². The summed E-state index contributed by atoms with van der Waals surface area (Å²) in [6, 6.07) is 4.20. The number of urea groups is 1. The number of hydrogen-bond donors (Lipinski definition) is 4. The van der Waals surface area contributed by atoms with E-state index in [4.69, 9.17) is 0 Å². The lowest BCUT2D eigenvalue weighted by atomic mass is 9.82. The molecule has 44 heavy (non-hydrogen) atoms. The van der Waals surface area contributed by atoms with Gasteiger partial charge in [0.2, 0.25) is 17.6 Å². The highest BCUT2D eigenvalue weighted by Gasteiger charge is 2.43. The lowest BCUT2D eigenvalue weighted by Crippen LogP contribution is -2.61. The summed E-state index contributed by atoms with van der Waals surface area (Å²) < 4.78 is 0. The van der Waals surface area contributed by atoms with Crippen molar-refractivity contribution in [2.75, 3.05) is 13.1 Å². The molecular formula is C33H49N5O6. The summed E-state index contributed by atoms with van der Waals surface area (Å²) in [6.45, 7) is 16.7. The van der Waals surface area contributed by atoms with Crippen molar-refractivity contribution in [1.29, 1.82) is 0 Å². The molecule has 0 saturated carbocycles. The van der Waals surface area contributed by atoms with E-state index >= 15 is 0 Å². The van der Waals surface area contributed by atoms with Gasteiger partial charge in [-0.15, -0.1) is 6.58 Å². The Morgan fingerprint density at radius 3 is 2.07 bits per heavy atom. The highest BCUT2D eigenvalue weighted by molar-refractivity contribution is 6.38. The van der Waals surface area contributed by atoms with Gasteiger partial charge in [0.05, 0.1) is 12.1 Å². The molecule has 0 aliphatic carbocycles. The summed E-state index contributed by atoms with van der Waals surface area (Å²) in [7, 11) is 0. The Bertz CT molecular complexity index is 1220. The average molecular weight is 612 g/mol. The van der Waals surface area contributed by atoms with Crippen molar-refractivity contribution in [3.63, 3.8) is 0 Å². The van der Waals surface area contributed by atoms with E-state index in [1.165, 1.54) is 11.0 Å². The highest BCUT2D eigenvalue weighted by Crippen LogP contribution is 2.27. The molecule has 242 valence electrons. The van der Waals surface area contributed by atoms with Crippen LogP contribution in [0.1, 0.15) is 84.5 Å². The largest absolute Gasteiger partial charge is 0.346 e. The zero-order valence-electron chi connectivity index (χ0n) is 27.1. The van der Waals surface area contributed by atoms with Crippen LogP contribution in [0.5, 0.6) is 0 Å². The third-order valence-corrected chi connectivity index (χ3v) is 7.53. The highest BCUT2D eigenvalue weighted by atomic mass is 16.2. The second-order valence-electron chi connectivity index (χ2n) is 13.3. The van der Waals surface area contributed by atoms with Gasteiger partial charge in [-0.1, -0.05) is 91.3 Å². The van der Waals surface area contributed by atoms with Crippen LogP contribution in [-0.4, -0.2) is 77.5 Å². The molecule has 1 fully saturated rings. The number of rotatable bonds is 13. The van der Waals surface area contributed by atoms with Crippen molar-refractivity contribution in [2.45, 2.75) is 98.3 Å². The number of nitrogens with one attached hydrogen (secondary N) is 4. The van der Waals surface area contributed by atoms with E-state index in [0.29, 0.717) is 24.8 Å². The van der Waals surface area contributed by atoms with Crippen LogP contribution in [0.15, 0.2) is 43.0 Å². The first-order valence-corrected chi connectivity index (χ1v) is 15.2. The lowest BCUT2D eigenvalue weighted by Gasteiger charge is -2.37.